The van der Waals surface area contributed by atoms with Crippen molar-refractivity contribution in [2.45, 2.75) is 25.4 Å². The van der Waals surface area contributed by atoms with Crippen LogP contribution in [0.2, 0.25) is 0 Å². The lowest BCUT2D eigenvalue weighted by Gasteiger charge is -2.44. The summed E-state index contributed by atoms with van der Waals surface area (Å²) in [6.07, 6.45) is 0.870. The van der Waals surface area contributed by atoms with E-state index in [9.17, 15) is 9.90 Å². The Morgan fingerprint density at radius 1 is 0.933 bits per heavy atom. The van der Waals surface area contributed by atoms with Gasteiger partial charge in [-0.15, -0.1) is 0 Å². The fourth-order valence-corrected chi connectivity index (χ4v) is 4.40. The highest BCUT2D eigenvalue weighted by Gasteiger charge is 2.51. The number of hydrogen-bond donors (Lipinski definition) is 2. The number of rotatable bonds is 5. The third-order valence-electron chi connectivity index (χ3n) is 5.78. The number of esters is 1. The first-order valence-electron chi connectivity index (χ1n) is 10.2. The van der Waals surface area contributed by atoms with Crippen LogP contribution in [0.5, 0.6) is 0 Å². The van der Waals surface area contributed by atoms with Gasteiger partial charge in [-0.1, -0.05) is 79.7 Å². The molecule has 0 radical (unpaired) electrons. The number of carbonyl (C=O) groups is 1. The van der Waals surface area contributed by atoms with E-state index in [0.29, 0.717) is 12.1 Å². The highest BCUT2D eigenvalue weighted by Crippen LogP contribution is 2.49. The molecule has 1 atom stereocenters. The molecule has 3 aromatic carbocycles. The number of aliphatic hydroxyl groups excluding tert-OH is 1. The van der Waals surface area contributed by atoms with Gasteiger partial charge in [0.25, 0.3) is 0 Å². The molecule has 0 saturated heterocycles. The first-order valence-corrected chi connectivity index (χ1v) is 10.2. The van der Waals surface area contributed by atoms with E-state index in [-0.39, 0.29) is 17.8 Å². The summed E-state index contributed by atoms with van der Waals surface area (Å²) >= 11 is 0. The predicted octanol–water partition coefficient (Wildman–Crippen LogP) is 5.15. The van der Waals surface area contributed by atoms with E-state index in [1.807, 2.05) is 85.8 Å². The van der Waals surface area contributed by atoms with E-state index in [1.54, 1.807) is 6.07 Å². The van der Waals surface area contributed by atoms with Crippen LogP contribution in [0.15, 0.2) is 96.3 Å². The van der Waals surface area contributed by atoms with Crippen LogP contribution in [0.1, 0.15) is 30.0 Å². The second-order valence-corrected chi connectivity index (χ2v) is 7.60. The summed E-state index contributed by atoms with van der Waals surface area (Å²) in [5, 5.41) is 11.3. The highest BCUT2D eigenvalue weighted by atomic mass is 16.6. The first kappa shape index (κ1) is 19.8. The molecule has 0 amide bonds. The van der Waals surface area contributed by atoms with Crippen molar-refractivity contribution in [1.29, 1.82) is 0 Å². The average molecular weight is 399 g/mol. The minimum atomic E-state index is -1.09. The molecule has 1 unspecified atom stereocenters. The number of cyclic esters (lactones) is 1. The summed E-state index contributed by atoms with van der Waals surface area (Å²) in [6.45, 7) is 2.00. The minimum Gasteiger partial charge on any atom is -0.511 e. The van der Waals surface area contributed by atoms with Crippen LogP contribution >= 0.6 is 0 Å². The van der Waals surface area contributed by atoms with Gasteiger partial charge < -0.3 is 15.6 Å². The normalized spacial score (nSPS) is 18.2. The molecule has 1 aliphatic rings. The zero-order chi connectivity index (χ0) is 21.1. The number of ether oxygens (including phenoxy) is 1. The Hall–Kier alpha value is -3.53. The summed E-state index contributed by atoms with van der Waals surface area (Å²) in [5.41, 5.74) is 8.24. The van der Waals surface area contributed by atoms with Crippen LogP contribution in [0.4, 0.5) is 5.69 Å². The number of anilines is 1. The summed E-state index contributed by atoms with van der Waals surface area (Å²) in [7, 11) is 0. The monoisotopic (exact) mass is 399 g/mol. The van der Waals surface area contributed by atoms with E-state index in [0.717, 1.165) is 16.7 Å². The van der Waals surface area contributed by atoms with Crippen LogP contribution in [0, 0.1) is 5.92 Å². The van der Waals surface area contributed by atoms with E-state index >= 15 is 0 Å². The number of carbonyl (C=O) groups excluding carboxylic acids is 1. The van der Waals surface area contributed by atoms with Gasteiger partial charge in [0, 0.05) is 23.2 Å². The Labute approximate surface area is 176 Å². The van der Waals surface area contributed by atoms with Crippen LogP contribution in [-0.2, 0) is 21.6 Å². The summed E-state index contributed by atoms with van der Waals surface area (Å²) in [4.78, 5) is 13.2. The second-order valence-electron chi connectivity index (χ2n) is 7.60. The predicted molar refractivity (Wildman–Crippen MR) is 118 cm³/mol. The highest BCUT2D eigenvalue weighted by molar-refractivity contribution is 5.91. The maximum absolute atomic E-state index is 13.2. The standard InChI is InChI=1S/C26H25NO3/c1-2-23-24(28)22(17-18-10-9-15-21(27)16-18)25(29)30-26(23,19-11-5-3-6-12-19)20-13-7-4-8-14-20/h3-16,23,28H,2,17,27H2,1H3. The van der Waals surface area contributed by atoms with Crippen molar-refractivity contribution in [3.63, 3.8) is 0 Å². The van der Waals surface area contributed by atoms with Gasteiger partial charge in [-0.05, 0) is 24.1 Å². The summed E-state index contributed by atoms with van der Waals surface area (Å²) in [6, 6.07) is 26.6. The van der Waals surface area contributed by atoms with Gasteiger partial charge in [0.05, 0.1) is 11.5 Å². The quantitative estimate of drug-likeness (QED) is 0.460. The van der Waals surface area contributed by atoms with Crippen LogP contribution in [0.25, 0.3) is 0 Å². The maximum atomic E-state index is 13.2. The van der Waals surface area contributed by atoms with Gasteiger partial charge in [-0.2, -0.15) is 0 Å². The van der Waals surface area contributed by atoms with Crippen molar-refractivity contribution in [2.75, 3.05) is 5.73 Å². The maximum Gasteiger partial charge on any atom is 0.339 e. The van der Waals surface area contributed by atoms with E-state index < -0.39 is 17.5 Å². The number of nitrogens with two attached hydrogens (primary N) is 1. The Kier molecular flexibility index (Phi) is 5.32. The lowest BCUT2D eigenvalue weighted by molar-refractivity contribution is -0.162. The molecule has 3 aromatic rings. The van der Waals surface area contributed by atoms with E-state index in [4.69, 9.17) is 10.5 Å². The largest absolute Gasteiger partial charge is 0.511 e. The van der Waals surface area contributed by atoms with Crippen molar-refractivity contribution in [2.24, 2.45) is 5.92 Å². The molecule has 4 heteroatoms. The van der Waals surface area contributed by atoms with E-state index in [1.165, 1.54) is 0 Å². The average Bonchev–Trinajstić information content (AvgIpc) is 2.77. The second kappa shape index (κ2) is 8.07. The van der Waals surface area contributed by atoms with Gasteiger partial charge >= 0.3 is 5.97 Å². The summed E-state index contributed by atoms with van der Waals surface area (Å²) in [5.74, 6) is -0.827. The molecule has 4 nitrogen and oxygen atoms in total. The van der Waals surface area contributed by atoms with Crippen LogP contribution in [-0.4, -0.2) is 11.1 Å². The van der Waals surface area contributed by atoms with Crippen molar-refractivity contribution >= 4 is 11.7 Å². The molecule has 152 valence electrons. The molecule has 3 N–H and O–H groups in total. The molecule has 0 aliphatic carbocycles. The van der Waals surface area contributed by atoms with Gasteiger partial charge in [-0.3, -0.25) is 0 Å². The van der Waals surface area contributed by atoms with Crippen molar-refractivity contribution in [3.8, 4) is 0 Å². The number of aliphatic hydroxyl groups is 1. The zero-order valence-corrected chi connectivity index (χ0v) is 16.9. The van der Waals surface area contributed by atoms with Crippen LogP contribution < -0.4 is 5.73 Å². The summed E-state index contributed by atoms with van der Waals surface area (Å²) < 4.78 is 6.25. The van der Waals surface area contributed by atoms with Gasteiger partial charge in [-0.25, -0.2) is 4.79 Å². The smallest absolute Gasteiger partial charge is 0.339 e. The van der Waals surface area contributed by atoms with Gasteiger partial charge in [0.2, 0.25) is 0 Å². The van der Waals surface area contributed by atoms with Crippen LogP contribution in [0.3, 0.4) is 0 Å². The lowest BCUT2D eigenvalue weighted by Crippen LogP contribution is -2.46. The zero-order valence-electron chi connectivity index (χ0n) is 16.9. The van der Waals surface area contributed by atoms with Crippen molar-refractivity contribution in [1.82, 2.24) is 0 Å². The Morgan fingerprint density at radius 2 is 1.53 bits per heavy atom. The third kappa shape index (κ3) is 3.35. The number of nitrogen functional groups attached to an aromatic ring is 1. The van der Waals surface area contributed by atoms with Crippen molar-refractivity contribution in [3.05, 3.63) is 113 Å². The lowest BCUT2D eigenvalue weighted by atomic mass is 9.71. The Balaban J connectivity index is 1.87. The number of benzene rings is 3. The minimum absolute atomic E-state index is 0.0869. The molecule has 1 aliphatic heterocycles. The SMILES string of the molecule is CCC1C(O)=C(Cc2cccc(N)c2)C(=O)OC1(c1ccccc1)c1ccccc1. The Bertz CT molecular complexity index is 1030. The first-order chi connectivity index (χ1) is 14.6. The van der Waals surface area contributed by atoms with Gasteiger partial charge in [0.15, 0.2) is 5.60 Å². The Morgan fingerprint density at radius 3 is 2.07 bits per heavy atom. The molecule has 1 heterocycles. The fourth-order valence-electron chi connectivity index (χ4n) is 4.40. The molecular formula is C26H25NO3. The molecule has 30 heavy (non-hydrogen) atoms. The molecule has 0 saturated carbocycles. The molecule has 4 rings (SSSR count). The molecule has 0 spiro atoms. The molecule has 0 bridgehead atoms. The number of hydrogen-bond acceptors (Lipinski definition) is 4. The fraction of sp³-hybridized carbons (Fsp3) is 0.192. The van der Waals surface area contributed by atoms with E-state index in [2.05, 4.69) is 0 Å². The molecule has 0 aromatic heterocycles. The van der Waals surface area contributed by atoms with Gasteiger partial charge in [0.1, 0.15) is 5.76 Å². The third-order valence-corrected chi connectivity index (χ3v) is 5.78. The van der Waals surface area contributed by atoms with Crippen molar-refractivity contribution < 1.29 is 14.6 Å². The molecular weight excluding hydrogens is 374 g/mol. The topological polar surface area (TPSA) is 72.5 Å². The molecule has 0 fully saturated rings.